The van der Waals surface area contributed by atoms with E-state index in [1.54, 1.807) is 0 Å². The average molecular weight is 300 g/mol. The molecule has 1 aromatic rings. The normalized spacial score (nSPS) is 13.0. The number of hydrogen-bond acceptors (Lipinski definition) is 2. The zero-order chi connectivity index (χ0) is 13.1. The maximum absolute atomic E-state index is 11.7. The van der Waals surface area contributed by atoms with Crippen LogP contribution in [0.1, 0.15) is 38.1 Å². The molecule has 0 aliphatic heterocycles. The first-order valence-corrected chi connectivity index (χ1v) is 6.44. The van der Waals surface area contributed by atoms with E-state index >= 15 is 0 Å². The molecule has 94 valence electrons. The maximum atomic E-state index is 11.7. The smallest absolute Gasteiger partial charge is 0.412 e. The van der Waals surface area contributed by atoms with Gasteiger partial charge in [-0.15, -0.1) is 0 Å². The zero-order valence-electron chi connectivity index (χ0n) is 10.6. The number of halogens is 1. The molecule has 0 saturated heterocycles. The summed E-state index contributed by atoms with van der Waals surface area (Å²) in [7, 11) is 0. The highest BCUT2D eigenvalue weighted by Gasteiger charge is 2.17. The summed E-state index contributed by atoms with van der Waals surface area (Å²) in [4.78, 5) is 11.8. The summed E-state index contributed by atoms with van der Waals surface area (Å²) in [6, 6.07) is 7.64. The van der Waals surface area contributed by atoms with Crippen LogP contribution in [-0.2, 0) is 4.74 Å². The van der Waals surface area contributed by atoms with E-state index in [4.69, 9.17) is 4.74 Å². The Morgan fingerprint density at radius 1 is 1.35 bits per heavy atom. The predicted molar refractivity (Wildman–Crippen MR) is 73.6 cm³/mol. The Morgan fingerprint density at radius 2 is 1.94 bits per heavy atom. The van der Waals surface area contributed by atoms with Gasteiger partial charge in [0.05, 0.1) is 0 Å². The van der Waals surface area contributed by atoms with Crippen LogP contribution in [0.2, 0.25) is 0 Å². The van der Waals surface area contributed by atoms with Crippen molar-refractivity contribution in [2.75, 3.05) is 5.32 Å². The lowest BCUT2D eigenvalue weighted by Gasteiger charge is -2.20. The van der Waals surface area contributed by atoms with E-state index < -0.39 is 11.7 Å². The molecule has 0 aliphatic rings. The molecule has 0 aromatic heterocycles. The fraction of sp³-hybridized carbons (Fsp3) is 0.462. The molecule has 0 heterocycles. The van der Waals surface area contributed by atoms with Crippen LogP contribution in [0.5, 0.6) is 0 Å². The van der Waals surface area contributed by atoms with E-state index in [2.05, 4.69) is 21.2 Å². The van der Waals surface area contributed by atoms with Gasteiger partial charge in [-0.05, 0) is 39.3 Å². The highest BCUT2D eigenvalue weighted by Crippen LogP contribution is 2.28. The summed E-state index contributed by atoms with van der Waals surface area (Å²) in [5, 5.41) is 2.76. The van der Waals surface area contributed by atoms with Crippen LogP contribution in [0.15, 0.2) is 24.3 Å². The number of alkyl halides is 1. The quantitative estimate of drug-likeness (QED) is 0.817. The predicted octanol–water partition coefficient (Wildman–Crippen LogP) is 4.49. The summed E-state index contributed by atoms with van der Waals surface area (Å²) in [6.45, 7) is 7.53. The number of para-hydroxylation sites is 1. The van der Waals surface area contributed by atoms with E-state index in [9.17, 15) is 4.79 Å². The summed E-state index contributed by atoms with van der Waals surface area (Å²) in [6.07, 6.45) is -0.432. The van der Waals surface area contributed by atoms with Gasteiger partial charge in [-0.1, -0.05) is 34.1 Å². The van der Waals surface area contributed by atoms with Crippen molar-refractivity contribution in [2.45, 2.75) is 38.1 Å². The number of amides is 1. The molecule has 0 bridgehead atoms. The van der Waals surface area contributed by atoms with E-state index in [1.165, 1.54) is 0 Å². The Bertz CT molecular complexity index is 397. The summed E-state index contributed by atoms with van der Waals surface area (Å²) in [5.41, 5.74) is 1.31. The third-order valence-corrected chi connectivity index (χ3v) is 2.52. The lowest BCUT2D eigenvalue weighted by molar-refractivity contribution is 0.0636. The zero-order valence-corrected chi connectivity index (χ0v) is 12.2. The van der Waals surface area contributed by atoms with Gasteiger partial charge in [0.2, 0.25) is 0 Å². The van der Waals surface area contributed by atoms with Crippen LogP contribution < -0.4 is 5.32 Å². The summed E-state index contributed by atoms with van der Waals surface area (Å²) in [5.74, 6) is 0. The van der Waals surface area contributed by atoms with Crippen LogP contribution in [0, 0.1) is 0 Å². The van der Waals surface area contributed by atoms with E-state index in [0.29, 0.717) is 0 Å². The number of rotatable bonds is 2. The molecular formula is C13H18BrNO2. The van der Waals surface area contributed by atoms with E-state index in [1.807, 2.05) is 52.0 Å². The SMILES string of the molecule is CC(Br)c1ccccc1NC(=O)OC(C)(C)C. The Hall–Kier alpha value is -1.03. The van der Waals surface area contributed by atoms with Crippen LogP contribution in [0.4, 0.5) is 10.5 Å². The van der Waals surface area contributed by atoms with Crippen molar-refractivity contribution < 1.29 is 9.53 Å². The van der Waals surface area contributed by atoms with Crippen molar-refractivity contribution in [1.82, 2.24) is 0 Å². The topological polar surface area (TPSA) is 38.3 Å². The van der Waals surface area contributed by atoms with Gasteiger partial charge in [-0.2, -0.15) is 0 Å². The first kappa shape index (κ1) is 14.0. The summed E-state index contributed by atoms with van der Waals surface area (Å²) < 4.78 is 5.21. The number of carbonyl (C=O) groups excluding carboxylic acids is 1. The van der Waals surface area contributed by atoms with Gasteiger partial charge in [0.25, 0.3) is 0 Å². The lowest BCUT2D eigenvalue weighted by Crippen LogP contribution is -2.27. The molecule has 0 aliphatic carbocycles. The van der Waals surface area contributed by atoms with Crippen molar-refractivity contribution >= 4 is 27.7 Å². The second kappa shape index (κ2) is 5.54. The number of ether oxygens (including phenoxy) is 1. The van der Waals surface area contributed by atoms with E-state index in [0.717, 1.165) is 11.3 Å². The molecule has 0 radical (unpaired) electrons. The van der Waals surface area contributed by atoms with Gasteiger partial charge in [0, 0.05) is 10.5 Å². The van der Waals surface area contributed by atoms with Crippen LogP contribution in [0.25, 0.3) is 0 Å². The maximum Gasteiger partial charge on any atom is 0.412 e. The molecule has 17 heavy (non-hydrogen) atoms. The Balaban J connectivity index is 2.78. The number of benzene rings is 1. The Kier molecular flexibility index (Phi) is 4.57. The third kappa shape index (κ3) is 4.77. The van der Waals surface area contributed by atoms with Gasteiger partial charge >= 0.3 is 6.09 Å². The van der Waals surface area contributed by atoms with Gasteiger partial charge in [-0.25, -0.2) is 4.79 Å². The molecule has 4 heteroatoms. The molecule has 1 N–H and O–H groups in total. The molecule has 1 aromatic carbocycles. The molecule has 1 unspecified atom stereocenters. The van der Waals surface area contributed by atoms with Crippen molar-refractivity contribution in [3.05, 3.63) is 29.8 Å². The number of anilines is 1. The molecule has 0 spiro atoms. The molecule has 1 amide bonds. The third-order valence-electron chi connectivity index (χ3n) is 2.02. The van der Waals surface area contributed by atoms with Crippen molar-refractivity contribution in [2.24, 2.45) is 0 Å². The van der Waals surface area contributed by atoms with Crippen LogP contribution >= 0.6 is 15.9 Å². The molecule has 1 atom stereocenters. The Morgan fingerprint density at radius 3 is 2.47 bits per heavy atom. The fourth-order valence-electron chi connectivity index (χ4n) is 1.37. The minimum Gasteiger partial charge on any atom is -0.444 e. The van der Waals surface area contributed by atoms with Gasteiger partial charge in [0.1, 0.15) is 5.60 Å². The molecular weight excluding hydrogens is 282 g/mol. The van der Waals surface area contributed by atoms with Gasteiger partial charge < -0.3 is 4.74 Å². The van der Waals surface area contributed by atoms with Gasteiger partial charge in [-0.3, -0.25) is 5.32 Å². The Labute approximate surface area is 111 Å². The first-order chi connectivity index (χ1) is 7.79. The minimum atomic E-state index is -0.487. The lowest BCUT2D eigenvalue weighted by atomic mass is 10.1. The highest BCUT2D eigenvalue weighted by atomic mass is 79.9. The fourth-order valence-corrected chi connectivity index (χ4v) is 1.77. The second-order valence-corrected chi connectivity index (χ2v) is 6.20. The largest absolute Gasteiger partial charge is 0.444 e. The first-order valence-electron chi connectivity index (χ1n) is 5.52. The summed E-state index contributed by atoms with van der Waals surface area (Å²) >= 11 is 3.49. The van der Waals surface area contributed by atoms with E-state index in [-0.39, 0.29) is 4.83 Å². The van der Waals surface area contributed by atoms with Crippen molar-refractivity contribution in [3.8, 4) is 0 Å². The number of carbonyl (C=O) groups is 1. The monoisotopic (exact) mass is 299 g/mol. The van der Waals surface area contributed by atoms with Crippen LogP contribution in [-0.4, -0.2) is 11.7 Å². The van der Waals surface area contributed by atoms with Gasteiger partial charge in [0.15, 0.2) is 0 Å². The molecule has 1 rings (SSSR count). The standard InChI is InChI=1S/C13H18BrNO2/c1-9(14)10-7-5-6-8-11(10)15-12(16)17-13(2,3)4/h5-9H,1-4H3,(H,15,16). The number of hydrogen-bond donors (Lipinski definition) is 1. The average Bonchev–Trinajstić information content (AvgIpc) is 2.14. The molecule has 0 saturated carbocycles. The van der Waals surface area contributed by atoms with Crippen molar-refractivity contribution in [3.63, 3.8) is 0 Å². The van der Waals surface area contributed by atoms with Crippen molar-refractivity contribution in [1.29, 1.82) is 0 Å². The highest BCUT2D eigenvalue weighted by molar-refractivity contribution is 9.09. The minimum absolute atomic E-state index is 0.175. The van der Waals surface area contributed by atoms with Crippen LogP contribution in [0.3, 0.4) is 0 Å². The number of nitrogens with one attached hydrogen (secondary N) is 1. The second-order valence-electron chi connectivity index (χ2n) is 4.83. The molecule has 3 nitrogen and oxygen atoms in total. The molecule has 0 fully saturated rings.